The first-order chi connectivity index (χ1) is 12.7. The molecule has 0 aliphatic carbocycles. The van der Waals surface area contributed by atoms with E-state index in [9.17, 15) is 74.6 Å². The molecule has 181 valence electrons. The third-order valence-corrected chi connectivity index (χ3v) is 2.73. The van der Waals surface area contributed by atoms with Crippen molar-refractivity contribution in [2.75, 3.05) is 6.61 Å². The molecule has 0 aliphatic rings. The van der Waals surface area contributed by atoms with Crippen molar-refractivity contribution in [1.29, 1.82) is 0 Å². The Balaban J connectivity index is 6.52. The highest BCUT2D eigenvalue weighted by molar-refractivity contribution is 4.94. The molecule has 1 radical (unpaired) electrons. The number of halogens is 17. The van der Waals surface area contributed by atoms with E-state index in [4.69, 9.17) is 0 Å². The van der Waals surface area contributed by atoms with E-state index in [1.54, 1.807) is 0 Å². The Hall–Kier alpha value is -1.31. The van der Waals surface area contributed by atoms with Crippen molar-refractivity contribution in [3.05, 3.63) is 7.11 Å². The van der Waals surface area contributed by atoms with Gasteiger partial charge in [0.05, 0.1) is 7.11 Å². The summed E-state index contributed by atoms with van der Waals surface area (Å²) in [6.07, 6.45) is -37.7. The zero-order valence-electron chi connectivity index (χ0n) is 13.1. The monoisotopic (exact) mass is 495 g/mol. The summed E-state index contributed by atoms with van der Waals surface area (Å²) in [6, 6.07) is 0. The number of hydrogen-bond acceptors (Lipinski definition) is 3. The van der Waals surface area contributed by atoms with Crippen LogP contribution in [-0.2, 0) is 14.2 Å². The van der Waals surface area contributed by atoms with Gasteiger partial charge in [-0.2, -0.15) is 74.6 Å². The molecule has 20 heteroatoms. The molecule has 2 unspecified atom stereocenters. The molecule has 0 bridgehead atoms. The minimum absolute atomic E-state index is 1.32. The molecule has 0 aromatic carbocycles. The van der Waals surface area contributed by atoms with Crippen molar-refractivity contribution in [2.24, 2.45) is 0 Å². The van der Waals surface area contributed by atoms with Crippen LogP contribution in [0.1, 0.15) is 0 Å². The molecule has 0 spiro atoms. The molecule has 0 N–H and O–H groups in total. The van der Waals surface area contributed by atoms with Crippen LogP contribution >= 0.6 is 0 Å². The Morgan fingerprint density at radius 2 is 0.900 bits per heavy atom. The first-order valence-electron chi connectivity index (χ1n) is 6.21. The van der Waals surface area contributed by atoms with E-state index in [0.29, 0.717) is 0 Å². The minimum Gasteiger partial charge on any atom is -0.373 e. The fourth-order valence-electron chi connectivity index (χ4n) is 1.26. The molecule has 3 nitrogen and oxygen atoms in total. The Morgan fingerprint density at radius 3 is 1.17 bits per heavy atom. The molecule has 0 aromatic rings. The van der Waals surface area contributed by atoms with E-state index in [-0.39, 0.29) is 0 Å². The van der Waals surface area contributed by atoms with Gasteiger partial charge in [-0.25, -0.2) is 0 Å². The molecular weight excluding hydrogens is 491 g/mol. The largest absolute Gasteiger partial charge is 0.462 e. The van der Waals surface area contributed by atoms with Crippen molar-refractivity contribution in [3.8, 4) is 0 Å². The molecule has 2 atom stereocenters. The Labute approximate surface area is 152 Å². The molecule has 0 amide bonds. The van der Waals surface area contributed by atoms with Gasteiger partial charge in [0.2, 0.25) is 0 Å². The molecular formula is C10H4F17O3. The third kappa shape index (κ3) is 4.94. The van der Waals surface area contributed by atoms with E-state index in [0.717, 1.165) is 0 Å². The Bertz CT molecular complexity index is 592. The van der Waals surface area contributed by atoms with Crippen molar-refractivity contribution >= 4 is 0 Å². The highest BCUT2D eigenvalue weighted by Gasteiger charge is 2.85. The summed E-state index contributed by atoms with van der Waals surface area (Å²) in [5.74, 6) is -21.9. The lowest BCUT2D eigenvalue weighted by Crippen LogP contribution is -2.67. The van der Waals surface area contributed by atoms with Crippen LogP contribution in [0.2, 0.25) is 0 Å². The summed E-state index contributed by atoms with van der Waals surface area (Å²) in [7, 11) is 1.99. The van der Waals surface area contributed by atoms with Crippen molar-refractivity contribution < 1.29 is 88.8 Å². The summed E-state index contributed by atoms with van der Waals surface area (Å²) >= 11 is 0. The van der Waals surface area contributed by atoms with E-state index >= 15 is 0 Å². The Morgan fingerprint density at radius 1 is 0.500 bits per heavy atom. The second-order valence-corrected chi connectivity index (χ2v) is 4.98. The summed E-state index contributed by atoms with van der Waals surface area (Å²) in [4.78, 5) is 0. The number of hydrogen-bond donors (Lipinski definition) is 0. The number of alkyl halides is 17. The average Bonchev–Trinajstić information content (AvgIpc) is 2.42. The highest BCUT2D eigenvalue weighted by Crippen LogP contribution is 2.56. The zero-order valence-corrected chi connectivity index (χ0v) is 13.1. The van der Waals surface area contributed by atoms with Crippen LogP contribution in [0.25, 0.3) is 0 Å². The van der Waals surface area contributed by atoms with Gasteiger partial charge in [-0.15, -0.1) is 0 Å². The highest BCUT2D eigenvalue weighted by atomic mass is 19.4. The first-order valence-corrected chi connectivity index (χ1v) is 6.21. The summed E-state index contributed by atoms with van der Waals surface area (Å²) in [6.45, 7) is -2.91. The average molecular weight is 495 g/mol. The van der Waals surface area contributed by atoms with Gasteiger partial charge in [-0.1, -0.05) is 0 Å². The van der Waals surface area contributed by atoms with Crippen LogP contribution in [0.5, 0.6) is 0 Å². The van der Waals surface area contributed by atoms with Crippen LogP contribution in [0.15, 0.2) is 0 Å². The SMILES string of the molecule is [CH2]OCC(F)(OC(F)(F)C(F)(OC(F)(F)C(F)(F)C(F)(F)F)C(F)(F)F)C(F)(F)F. The molecule has 0 aliphatic heterocycles. The predicted molar refractivity (Wildman–Crippen MR) is 54.2 cm³/mol. The number of ether oxygens (including phenoxy) is 3. The van der Waals surface area contributed by atoms with Gasteiger partial charge in [0.1, 0.15) is 6.61 Å². The second kappa shape index (κ2) is 7.68. The third-order valence-electron chi connectivity index (χ3n) is 2.73. The maximum atomic E-state index is 13.7. The lowest BCUT2D eigenvalue weighted by atomic mass is 10.2. The minimum atomic E-state index is -7.89. The van der Waals surface area contributed by atoms with Crippen LogP contribution in [0, 0.1) is 7.11 Å². The fraction of sp³-hybridized carbons (Fsp3) is 0.900. The van der Waals surface area contributed by atoms with Gasteiger partial charge in [-0.05, 0) is 0 Å². The Kier molecular flexibility index (Phi) is 7.34. The smallest absolute Gasteiger partial charge is 0.373 e. The van der Waals surface area contributed by atoms with E-state index in [2.05, 4.69) is 4.74 Å². The summed E-state index contributed by atoms with van der Waals surface area (Å²) in [5.41, 5.74) is 0. The van der Waals surface area contributed by atoms with E-state index < -0.39 is 55.0 Å². The predicted octanol–water partition coefficient (Wildman–Crippen LogP) is 5.67. The van der Waals surface area contributed by atoms with Crippen LogP contribution in [0.3, 0.4) is 0 Å². The fourth-order valence-corrected chi connectivity index (χ4v) is 1.26. The van der Waals surface area contributed by atoms with Gasteiger partial charge in [0.15, 0.2) is 0 Å². The van der Waals surface area contributed by atoms with Crippen molar-refractivity contribution in [2.45, 2.75) is 48.4 Å². The topological polar surface area (TPSA) is 27.7 Å². The quantitative estimate of drug-likeness (QED) is 0.407. The van der Waals surface area contributed by atoms with Crippen LogP contribution < -0.4 is 0 Å². The standard InChI is InChI=1S/C10H4F17O3/c1-28-2-3(11,6(15,16)17)29-10(26,27)5(14,8(21,22)23)30-9(24,25)4(12,13)7(18,19)20/h1-2H2. The van der Waals surface area contributed by atoms with Gasteiger partial charge in [-0.3, -0.25) is 9.47 Å². The normalized spacial score (nSPS) is 19.4. The summed E-state index contributed by atoms with van der Waals surface area (Å²) in [5, 5.41) is 0. The van der Waals surface area contributed by atoms with Gasteiger partial charge < -0.3 is 4.74 Å². The second-order valence-electron chi connectivity index (χ2n) is 4.98. The van der Waals surface area contributed by atoms with Crippen LogP contribution in [-0.4, -0.2) is 55.0 Å². The molecule has 0 rings (SSSR count). The molecule has 0 heterocycles. The van der Waals surface area contributed by atoms with Gasteiger partial charge >= 0.3 is 48.4 Å². The molecule has 30 heavy (non-hydrogen) atoms. The van der Waals surface area contributed by atoms with E-state index in [1.807, 2.05) is 11.8 Å². The molecule has 0 aromatic heterocycles. The molecule has 0 fully saturated rings. The maximum absolute atomic E-state index is 13.7. The maximum Gasteiger partial charge on any atom is 0.462 e. The lowest BCUT2D eigenvalue weighted by molar-refractivity contribution is -0.552. The first kappa shape index (κ1) is 28.7. The number of rotatable bonds is 8. The van der Waals surface area contributed by atoms with Gasteiger partial charge in [0, 0.05) is 0 Å². The van der Waals surface area contributed by atoms with Gasteiger partial charge in [0.25, 0.3) is 0 Å². The zero-order chi connectivity index (χ0) is 24.8. The summed E-state index contributed by atoms with van der Waals surface area (Å²) < 4.78 is 221. The van der Waals surface area contributed by atoms with E-state index in [1.165, 1.54) is 4.74 Å². The van der Waals surface area contributed by atoms with Crippen LogP contribution in [0.4, 0.5) is 74.6 Å². The lowest BCUT2D eigenvalue weighted by Gasteiger charge is -2.40. The molecule has 0 saturated carbocycles. The molecule has 0 saturated heterocycles. The van der Waals surface area contributed by atoms with Crippen molar-refractivity contribution in [1.82, 2.24) is 0 Å². The van der Waals surface area contributed by atoms with Crippen molar-refractivity contribution in [3.63, 3.8) is 0 Å².